The lowest BCUT2D eigenvalue weighted by Crippen LogP contribution is -2.39. The van der Waals surface area contributed by atoms with Crippen molar-refractivity contribution in [2.75, 3.05) is 25.4 Å². The van der Waals surface area contributed by atoms with Crippen molar-refractivity contribution in [3.8, 4) is 5.75 Å². The lowest BCUT2D eigenvalue weighted by atomic mass is 10.1. The van der Waals surface area contributed by atoms with Crippen LogP contribution in [0.4, 0.5) is 5.69 Å². The quantitative estimate of drug-likeness (QED) is 0.833. The Morgan fingerprint density at radius 1 is 1.33 bits per heavy atom. The molecule has 0 unspecified atom stereocenters. The number of piperidine rings is 1. The molecule has 0 spiro atoms. The van der Waals surface area contributed by atoms with E-state index < -0.39 is 0 Å². The third-order valence-corrected chi connectivity index (χ3v) is 3.32. The lowest BCUT2D eigenvalue weighted by Gasteiger charge is -2.33. The van der Waals surface area contributed by atoms with E-state index >= 15 is 0 Å². The zero-order chi connectivity index (χ0) is 13.0. The van der Waals surface area contributed by atoms with Crippen LogP contribution in [-0.2, 0) is 0 Å². The van der Waals surface area contributed by atoms with Gasteiger partial charge in [0.25, 0.3) is 0 Å². The van der Waals surface area contributed by atoms with Crippen LogP contribution in [0, 0.1) is 5.92 Å². The highest BCUT2D eigenvalue weighted by molar-refractivity contribution is 5.43. The molecule has 0 aromatic heterocycles. The summed E-state index contributed by atoms with van der Waals surface area (Å²) in [6, 6.07) is 7.72. The van der Waals surface area contributed by atoms with Gasteiger partial charge < -0.3 is 15.4 Å². The fourth-order valence-corrected chi connectivity index (χ4v) is 2.51. The smallest absolute Gasteiger partial charge is 0.121 e. The zero-order valence-electron chi connectivity index (χ0n) is 11.4. The van der Waals surface area contributed by atoms with Crippen LogP contribution in [0.2, 0.25) is 0 Å². The van der Waals surface area contributed by atoms with Crippen LogP contribution in [0.25, 0.3) is 0 Å². The SMILES string of the molecule is CC(C)CN1CCC(Oc2cccc(N)c2)CC1. The number of nitrogens with two attached hydrogens (primary N) is 1. The lowest BCUT2D eigenvalue weighted by molar-refractivity contribution is 0.0942. The Labute approximate surface area is 110 Å². The molecule has 1 aromatic carbocycles. The Morgan fingerprint density at radius 2 is 2.06 bits per heavy atom. The van der Waals surface area contributed by atoms with Crippen LogP contribution in [0.5, 0.6) is 5.75 Å². The molecular weight excluding hydrogens is 224 g/mol. The van der Waals surface area contributed by atoms with Crippen LogP contribution in [0.1, 0.15) is 26.7 Å². The Bertz CT molecular complexity index is 371. The maximum absolute atomic E-state index is 5.98. The average molecular weight is 248 g/mol. The molecule has 3 heteroatoms. The van der Waals surface area contributed by atoms with E-state index in [1.54, 1.807) is 0 Å². The van der Waals surface area contributed by atoms with Crippen LogP contribution >= 0.6 is 0 Å². The van der Waals surface area contributed by atoms with Gasteiger partial charge in [-0.2, -0.15) is 0 Å². The maximum atomic E-state index is 5.98. The first-order valence-corrected chi connectivity index (χ1v) is 6.88. The molecule has 0 saturated carbocycles. The van der Waals surface area contributed by atoms with E-state index in [9.17, 15) is 0 Å². The van der Waals surface area contributed by atoms with Gasteiger partial charge in [0.2, 0.25) is 0 Å². The summed E-state index contributed by atoms with van der Waals surface area (Å²) >= 11 is 0. The number of benzene rings is 1. The van der Waals surface area contributed by atoms with E-state index in [2.05, 4.69) is 18.7 Å². The van der Waals surface area contributed by atoms with Crippen molar-refractivity contribution < 1.29 is 4.74 Å². The molecule has 1 heterocycles. The van der Waals surface area contributed by atoms with Gasteiger partial charge >= 0.3 is 0 Å². The largest absolute Gasteiger partial charge is 0.490 e. The molecule has 100 valence electrons. The van der Waals surface area contributed by atoms with Crippen molar-refractivity contribution in [2.24, 2.45) is 5.92 Å². The Balaban J connectivity index is 1.80. The maximum Gasteiger partial charge on any atom is 0.121 e. The highest BCUT2D eigenvalue weighted by atomic mass is 16.5. The topological polar surface area (TPSA) is 38.5 Å². The molecule has 18 heavy (non-hydrogen) atoms. The number of rotatable bonds is 4. The average Bonchev–Trinajstić information content (AvgIpc) is 2.31. The van der Waals surface area contributed by atoms with Gasteiger partial charge in [0.05, 0.1) is 0 Å². The molecule has 2 rings (SSSR count). The number of hydrogen-bond donors (Lipinski definition) is 1. The normalized spacial score (nSPS) is 18.2. The molecule has 0 aliphatic carbocycles. The Hall–Kier alpha value is -1.22. The highest BCUT2D eigenvalue weighted by Gasteiger charge is 2.20. The first-order valence-electron chi connectivity index (χ1n) is 6.88. The summed E-state index contributed by atoms with van der Waals surface area (Å²) in [5.41, 5.74) is 6.52. The first kappa shape index (κ1) is 13.2. The van der Waals surface area contributed by atoms with Crippen molar-refractivity contribution in [2.45, 2.75) is 32.8 Å². The molecule has 1 fully saturated rings. The van der Waals surface area contributed by atoms with Gasteiger partial charge in [0.15, 0.2) is 0 Å². The molecule has 0 atom stereocenters. The number of hydrogen-bond acceptors (Lipinski definition) is 3. The Kier molecular flexibility index (Phi) is 4.48. The summed E-state index contributed by atoms with van der Waals surface area (Å²) in [7, 11) is 0. The molecule has 1 aromatic rings. The van der Waals surface area contributed by atoms with E-state index in [4.69, 9.17) is 10.5 Å². The molecule has 3 nitrogen and oxygen atoms in total. The summed E-state index contributed by atoms with van der Waals surface area (Å²) in [5.74, 6) is 1.65. The molecular formula is C15H24N2O. The van der Waals surface area contributed by atoms with Crippen molar-refractivity contribution in [3.05, 3.63) is 24.3 Å². The van der Waals surface area contributed by atoms with E-state index in [1.165, 1.54) is 6.54 Å². The van der Waals surface area contributed by atoms with Crippen molar-refractivity contribution >= 4 is 5.69 Å². The second-order valence-corrected chi connectivity index (χ2v) is 5.58. The summed E-state index contributed by atoms with van der Waals surface area (Å²) < 4.78 is 5.98. The minimum absolute atomic E-state index is 0.343. The summed E-state index contributed by atoms with van der Waals surface area (Å²) in [6.07, 6.45) is 2.57. The third kappa shape index (κ3) is 3.91. The van der Waals surface area contributed by atoms with Crippen LogP contribution in [0.15, 0.2) is 24.3 Å². The second kappa shape index (κ2) is 6.10. The highest BCUT2D eigenvalue weighted by Crippen LogP contribution is 2.21. The fourth-order valence-electron chi connectivity index (χ4n) is 2.51. The van der Waals surface area contributed by atoms with Crippen LogP contribution in [-0.4, -0.2) is 30.6 Å². The number of nitrogen functional groups attached to an aromatic ring is 1. The molecule has 2 N–H and O–H groups in total. The second-order valence-electron chi connectivity index (χ2n) is 5.58. The summed E-state index contributed by atoms with van der Waals surface area (Å²) in [6.45, 7) is 8.03. The zero-order valence-corrected chi connectivity index (χ0v) is 11.4. The first-order chi connectivity index (χ1) is 8.63. The van der Waals surface area contributed by atoms with Gasteiger partial charge in [0.1, 0.15) is 11.9 Å². The minimum Gasteiger partial charge on any atom is -0.490 e. The molecule has 0 radical (unpaired) electrons. The van der Waals surface area contributed by atoms with Gasteiger partial charge in [-0.25, -0.2) is 0 Å². The van der Waals surface area contributed by atoms with E-state index in [0.717, 1.165) is 43.3 Å². The van der Waals surface area contributed by atoms with Gasteiger partial charge in [-0.1, -0.05) is 19.9 Å². The summed E-state index contributed by atoms with van der Waals surface area (Å²) in [5, 5.41) is 0. The van der Waals surface area contributed by atoms with Crippen LogP contribution < -0.4 is 10.5 Å². The van der Waals surface area contributed by atoms with Crippen molar-refractivity contribution in [3.63, 3.8) is 0 Å². The Morgan fingerprint density at radius 3 is 2.67 bits per heavy atom. The molecule has 1 aliphatic heterocycles. The third-order valence-electron chi connectivity index (χ3n) is 3.32. The molecule has 1 aliphatic rings. The number of likely N-dealkylation sites (tertiary alicyclic amines) is 1. The predicted molar refractivity (Wildman–Crippen MR) is 75.8 cm³/mol. The number of ether oxygens (including phenoxy) is 1. The molecule has 0 bridgehead atoms. The number of anilines is 1. The van der Waals surface area contributed by atoms with Crippen LogP contribution in [0.3, 0.4) is 0 Å². The van der Waals surface area contributed by atoms with Gasteiger partial charge in [-0.3, -0.25) is 0 Å². The fraction of sp³-hybridized carbons (Fsp3) is 0.600. The molecule has 1 saturated heterocycles. The van der Waals surface area contributed by atoms with Crippen molar-refractivity contribution in [1.29, 1.82) is 0 Å². The minimum atomic E-state index is 0.343. The van der Waals surface area contributed by atoms with Crippen molar-refractivity contribution in [1.82, 2.24) is 4.90 Å². The predicted octanol–water partition coefficient (Wildman–Crippen LogP) is 2.77. The van der Waals surface area contributed by atoms with E-state index in [0.29, 0.717) is 6.10 Å². The van der Waals surface area contributed by atoms with Gasteiger partial charge in [-0.05, 0) is 30.9 Å². The monoisotopic (exact) mass is 248 g/mol. The summed E-state index contributed by atoms with van der Waals surface area (Å²) in [4.78, 5) is 2.53. The number of nitrogens with zero attached hydrogens (tertiary/aromatic N) is 1. The van der Waals surface area contributed by atoms with Gasteiger partial charge in [-0.15, -0.1) is 0 Å². The standard InChI is InChI=1S/C15H24N2O/c1-12(2)11-17-8-6-14(7-9-17)18-15-5-3-4-13(16)10-15/h3-5,10,12,14H,6-9,11,16H2,1-2H3. The van der Waals surface area contributed by atoms with E-state index in [1.807, 2.05) is 24.3 Å². The molecule has 0 amide bonds. The van der Waals surface area contributed by atoms with Gasteiger partial charge in [0, 0.05) is 31.4 Å². The van der Waals surface area contributed by atoms with E-state index in [-0.39, 0.29) is 0 Å².